The minimum absolute atomic E-state index is 0.310. The maximum absolute atomic E-state index is 8.71. The number of aromatic hydroxyl groups is 3. The summed E-state index contributed by atoms with van der Waals surface area (Å²) < 4.78 is 0. The Morgan fingerprint density at radius 3 is 1.93 bits per heavy atom. The van der Waals surface area contributed by atoms with Crippen LogP contribution in [0.1, 0.15) is 0 Å². The molecule has 0 saturated heterocycles. The first-order valence-corrected chi connectivity index (χ1v) is 4.14. The van der Waals surface area contributed by atoms with Gasteiger partial charge in [-0.05, 0) is 24.3 Å². The third-order valence-electron chi connectivity index (χ3n) is 1.48. The molecule has 0 saturated carbocycles. The first kappa shape index (κ1) is 10.8. The number of hydroxylamine groups is 1. The summed E-state index contributed by atoms with van der Waals surface area (Å²) in [4.78, 5) is 4.55. The fraction of sp³-hybridized carbons (Fsp3) is 0. The van der Waals surface area contributed by atoms with Crippen molar-refractivity contribution in [2.45, 2.75) is 0 Å². The van der Waals surface area contributed by atoms with Crippen LogP contribution in [0.5, 0.6) is 17.2 Å². The number of hydrogen-bond acceptors (Lipinski definition) is 5. The van der Waals surface area contributed by atoms with Crippen molar-refractivity contribution < 1.29 is 20.2 Å². The lowest BCUT2D eigenvalue weighted by molar-refractivity contribution is 0.172. The molecule has 0 unspecified atom stereocenters. The molecule has 0 aromatic heterocycles. The maximum atomic E-state index is 8.71. The van der Waals surface area contributed by atoms with Crippen LogP contribution in [0.2, 0.25) is 0 Å². The summed E-state index contributed by atoms with van der Waals surface area (Å²) >= 11 is 0. The molecule has 0 aliphatic carbocycles. The molecule has 1 aromatic rings. The summed E-state index contributed by atoms with van der Waals surface area (Å²) in [6, 6.07) is 4.01. The van der Waals surface area contributed by atoms with Crippen molar-refractivity contribution in [1.82, 2.24) is 5.48 Å². The van der Waals surface area contributed by atoms with E-state index in [-0.39, 0.29) is 11.5 Å². The fourth-order valence-electron chi connectivity index (χ4n) is 0.778. The van der Waals surface area contributed by atoms with Crippen LogP contribution in [0, 0.1) is 0 Å². The summed E-state index contributed by atoms with van der Waals surface area (Å²) in [5, 5.41) is 26.1. The van der Waals surface area contributed by atoms with E-state index in [2.05, 4.69) is 10.3 Å². The van der Waals surface area contributed by atoms with E-state index in [1.165, 1.54) is 18.2 Å². The van der Waals surface area contributed by atoms with E-state index in [1.54, 1.807) is 18.5 Å². The van der Waals surface area contributed by atoms with Gasteiger partial charge in [-0.15, -0.1) is 0 Å². The normalized spacial score (nSPS) is 12.0. The van der Waals surface area contributed by atoms with Gasteiger partial charge in [0.15, 0.2) is 17.2 Å². The Morgan fingerprint density at radius 2 is 1.67 bits per heavy atom. The minimum atomic E-state index is -0.475. The maximum Gasteiger partial charge on any atom is 0.200 e. The standard InChI is InChI=1S/C6H6O3.C4H5NO/c7-4-2-1-3-5(8)6(4)9;1-2-4-6-5-3-1/h1-3,7-9H;1-5H. The zero-order valence-corrected chi connectivity index (χ0v) is 7.79. The molecule has 1 aliphatic rings. The molecule has 15 heavy (non-hydrogen) atoms. The van der Waals surface area contributed by atoms with Gasteiger partial charge < -0.3 is 20.2 Å². The summed E-state index contributed by atoms with van der Waals surface area (Å²) in [7, 11) is 0. The number of phenolic OH excluding ortho intramolecular Hbond substituents is 3. The Balaban J connectivity index is 0.000000162. The van der Waals surface area contributed by atoms with Gasteiger partial charge in [-0.25, -0.2) is 5.48 Å². The van der Waals surface area contributed by atoms with E-state index in [9.17, 15) is 0 Å². The van der Waals surface area contributed by atoms with E-state index in [0.29, 0.717) is 0 Å². The van der Waals surface area contributed by atoms with Crippen molar-refractivity contribution in [3.8, 4) is 17.2 Å². The summed E-state index contributed by atoms with van der Waals surface area (Å²) in [5.41, 5.74) is 2.52. The molecule has 5 nitrogen and oxygen atoms in total. The molecule has 0 amide bonds. The van der Waals surface area contributed by atoms with Crippen LogP contribution in [-0.4, -0.2) is 15.3 Å². The van der Waals surface area contributed by atoms with Gasteiger partial charge in [0.25, 0.3) is 0 Å². The Kier molecular flexibility index (Phi) is 3.91. The van der Waals surface area contributed by atoms with Crippen LogP contribution in [0.4, 0.5) is 0 Å². The van der Waals surface area contributed by atoms with Crippen LogP contribution in [0.25, 0.3) is 0 Å². The van der Waals surface area contributed by atoms with Crippen LogP contribution >= 0.6 is 0 Å². The second kappa shape index (κ2) is 5.43. The predicted molar refractivity (Wildman–Crippen MR) is 53.9 cm³/mol. The van der Waals surface area contributed by atoms with E-state index in [1.807, 2.05) is 6.08 Å². The summed E-state index contributed by atoms with van der Waals surface area (Å²) in [6.45, 7) is 0. The van der Waals surface area contributed by atoms with Crippen LogP contribution in [0.3, 0.4) is 0 Å². The van der Waals surface area contributed by atoms with E-state index in [0.717, 1.165) is 0 Å². The second-order valence-electron chi connectivity index (χ2n) is 2.57. The number of nitrogens with one attached hydrogen (secondary N) is 1. The lowest BCUT2D eigenvalue weighted by Gasteiger charge is -1.97. The SMILES string of the molecule is C1=CNOC=C1.Oc1cccc(O)c1O. The molecule has 0 atom stereocenters. The number of para-hydroxylation sites is 1. The Hall–Kier alpha value is -2.30. The number of rotatable bonds is 0. The number of phenols is 3. The van der Waals surface area contributed by atoms with Gasteiger partial charge in [-0.2, -0.15) is 0 Å². The van der Waals surface area contributed by atoms with Gasteiger partial charge in [0.1, 0.15) is 6.26 Å². The molecule has 80 valence electrons. The zero-order valence-electron chi connectivity index (χ0n) is 7.79. The van der Waals surface area contributed by atoms with Gasteiger partial charge in [0, 0.05) is 6.20 Å². The molecule has 0 bridgehead atoms. The van der Waals surface area contributed by atoms with E-state index in [4.69, 9.17) is 15.3 Å². The van der Waals surface area contributed by atoms with E-state index < -0.39 is 5.75 Å². The van der Waals surface area contributed by atoms with Gasteiger partial charge >= 0.3 is 0 Å². The van der Waals surface area contributed by atoms with Gasteiger partial charge in [-0.1, -0.05) is 6.07 Å². The molecule has 1 aliphatic heterocycles. The lowest BCUT2D eigenvalue weighted by atomic mass is 10.3. The van der Waals surface area contributed by atoms with Crippen molar-refractivity contribution in [3.63, 3.8) is 0 Å². The molecular formula is C10H11NO4. The summed E-state index contributed by atoms with van der Waals surface area (Å²) in [6.07, 6.45) is 6.93. The molecule has 5 heteroatoms. The number of hydrogen-bond donors (Lipinski definition) is 4. The highest BCUT2D eigenvalue weighted by atomic mass is 16.6. The summed E-state index contributed by atoms with van der Waals surface area (Å²) in [5.74, 6) is -1.09. The van der Waals surface area contributed by atoms with E-state index >= 15 is 0 Å². The largest absolute Gasteiger partial charge is 0.504 e. The Labute approximate surface area is 86.5 Å². The lowest BCUT2D eigenvalue weighted by Crippen LogP contribution is -2.01. The van der Waals surface area contributed by atoms with Gasteiger partial charge in [0.2, 0.25) is 0 Å². The van der Waals surface area contributed by atoms with Crippen molar-refractivity contribution in [1.29, 1.82) is 0 Å². The first-order chi connectivity index (χ1) is 7.22. The number of benzene rings is 1. The Morgan fingerprint density at radius 1 is 1.00 bits per heavy atom. The van der Waals surface area contributed by atoms with Crippen LogP contribution in [-0.2, 0) is 4.84 Å². The third-order valence-corrected chi connectivity index (χ3v) is 1.48. The molecular weight excluding hydrogens is 198 g/mol. The van der Waals surface area contributed by atoms with Crippen LogP contribution < -0.4 is 5.48 Å². The predicted octanol–water partition coefficient (Wildman–Crippen LogP) is 1.35. The molecule has 1 heterocycles. The van der Waals surface area contributed by atoms with Crippen LogP contribution in [0.15, 0.2) is 42.8 Å². The molecule has 2 rings (SSSR count). The second-order valence-corrected chi connectivity index (χ2v) is 2.57. The van der Waals surface area contributed by atoms with Crippen molar-refractivity contribution in [2.24, 2.45) is 0 Å². The number of allylic oxidation sites excluding steroid dienone is 2. The average Bonchev–Trinajstić information content (AvgIpc) is 2.29. The fourth-order valence-corrected chi connectivity index (χ4v) is 0.778. The monoisotopic (exact) mass is 209 g/mol. The topological polar surface area (TPSA) is 82.0 Å². The van der Waals surface area contributed by atoms with Crippen molar-refractivity contribution in [3.05, 3.63) is 42.8 Å². The highest BCUT2D eigenvalue weighted by molar-refractivity contribution is 5.47. The third kappa shape index (κ3) is 3.51. The zero-order chi connectivity index (χ0) is 11.1. The molecule has 0 spiro atoms. The Bertz CT molecular complexity index is 341. The molecule has 4 N–H and O–H groups in total. The average molecular weight is 209 g/mol. The van der Waals surface area contributed by atoms with Gasteiger partial charge in [0.05, 0.1) is 0 Å². The van der Waals surface area contributed by atoms with Gasteiger partial charge in [-0.3, -0.25) is 0 Å². The minimum Gasteiger partial charge on any atom is -0.504 e. The highest BCUT2D eigenvalue weighted by Gasteiger charge is 2.00. The highest BCUT2D eigenvalue weighted by Crippen LogP contribution is 2.32. The van der Waals surface area contributed by atoms with Crippen molar-refractivity contribution >= 4 is 0 Å². The molecule has 1 aromatic carbocycles. The first-order valence-electron chi connectivity index (χ1n) is 4.14. The molecule has 0 fully saturated rings. The quantitative estimate of drug-likeness (QED) is 0.485. The molecule has 0 radical (unpaired) electrons. The van der Waals surface area contributed by atoms with Crippen molar-refractivity contribution in [2.75, 3.05) is 0 Å². The smallest absolute Gasteiger partial charge is 0.200 e.